The van der Waals surface area contributed by atoms with Crippen LogP contribution in [-0.2, 0) is 19.5 Å². The molecule has 1 saturated carbocycles. The summed E-state index contributed by atoms with van der Waals surface area (Å²) in [6.45, 7) is 9.62. The molecule has 1 aliphatic rings. The van der Waals surface area contributed by atoms with Crippen molar-refractivity contribution in [2.45, 2.75) is 66.0 Å². The van der Waals surface area contributed by atoms with Crippen molar-refractivity contribution >= 4 is 15.9 Å². The number of aromatic nitrogens is 2. The lowest BCUT2D eigenvalue weighted by Crippen LogP contribution is -2.25. The highest BCUT2D eigenvalue weighted by molar-refractivity contribution is 9.10. The number of hydrogen-bond donors (Lipinski definition) is 1. The Morgan fingerprint density at radius 2 is 2.05 bits per heavy atom. The van der Waals surface area contributed by atoms with Crippen molar-refractivity contribution < 1.29 is 0 Å². The predicted molar refractivity (Wildman–Crippen MR) is 83.3 cm³/mol. The molecule has 0 bridgehead atoms. The smallest absolute Gasteiger partial charge is 0.0767 e. The second-order valence-corrected chi connectivity index (χ2v) is 6.52. The van der Waals surface area contributed by atoms with Gasteiger partial charge in [-0.3, -0.25) is 4.68 Å². The first kappa shape index (κ1) is 15.0. The minimum absolute atomic E-state index is 0.617. The lowest BCUT2D eigenvalue weighted by Gasteiger charge is -2.15. The third kappa shape index (κ3) is 3.40. The van der Waals surface area contributed by atoms with E-state index < -0.39 is 0 Å². The zero-order valence-electron chi connectivity index (χ0n) is 12.4. The molecule has 108 valence electrons. The van der Waals surface area contributed by atoms with Gasteiger partial charge in [-0.25, -0.2) is 0 Å². The van der Waals surface area contributed by atoms with Crippen LogP contribution in [0.3, 0.4) is 0 Å². The lowest BCUT2D eigenvalue weighted by atomic mass is 10.0. The van der Waals surface area contributed by atoms with Crippen molar-refractivity contribution in [3.05, 3.63) is 15.9 Å². The van der Waals surface area contributed by atoms with Crippen molar-refractivity contribution in [2.75, 3.05) is 6.54 Å². The molecule has 0 atom stereocenters. The molecule has 0 amide bonds. The summed E-state index contributed by atoms with van der Waals surface area (Å²) in [7, 11) is 0. The van der Waals surface area contributed by atoms with Crippen molar-refractivity contribution in [3.8, 4) is 0 Å². The minimum atomic E-state index is 0.617. The van der Waals surface area contributed by atoms with Crippen LogP contribution in [0.4, 0.5) is 0 Å². The van der Waals surface area contributed by atoms with Crippen molar-refractivity contribution in [2.24, 2.45) is 5.41 Å². The molecule has 1 aromatic heterocycles. The van der Waals surface area contributed by atoms with E-state index in [0.717, 1.165) is 26.1 Å². The van der Waals surface area contributed by atoms with Crippen LogP contribution < -0.4 is 5.32 Å². The van der Waals surface area contributed by atoms with Crippen LogP contribution in [0.25, 0.3) is 0 Å². The van der Waals surface area contributed by atoms with Crippen LogP contribution in [0.15, 0.2) is 4.47 Å². The molecule has 0 aromatic carbocycles. The highest BCUT2D eigenvalue weighted by atomic mass is 79.9. The monoisotopic (exact) mass is 327 g/mol. The van der Waals surface area contributed by atoms with E-state index in [1.807, 2.05) is 0 Å². The van der Waals surface area contributed by atoms with Gasteiger partial charge in [0.1, 0.15) is 0 Å². The fraction of sp³-hybridized carbons (Fsp3) is 0.800. The van der Waals surface area contributed by atoms with Crippen LogP contribution in [-0.4, -0.2) is 16.3 Å². The van der Waals surface area contributed by atoms with E-state index in [1.54, 1.807) is 0 Å². The second kappa shape index (κ2) is 6.40. The molecule has 3 nitrogen and oxygen atoms in total. The number of nitrogens with zero attached hydrogens (tertiary/aromatic N) is 2. The zero-order valence-corrected chi connectivity index (χ0v) is 14.0. The standard InChI is InChI=1S/C15H26BrN3/c1-4-7-15(8-9-15)11-17-10-13-14(16)12(5-2)18-19(13)6-3/h17H,4-11H2,1-3H3. The van der Waals surface area contributed by atoms with E-state index in [2.05, 4.69) is 51.8 Å². The summed E-state index contributed by atoms with van der Waals surface area (Å²) in [4.78, 5) is 0. The molecule has 1 aromatic rings. The molecule has 19 heavy (non-hydrogen) atoms. The third-order valence-corrected chi connectivity index (χ3v) is 5.14. The van der Waals surface area contributed by atoms with Gasteiger partial charge in [-0.15, -0.1) is 0 Å². The molecule has 1 heterocycles. The number of hydrogen-bond acceptors (Lipinski definition) is 2. The van der Waals surface area contributed by atoms with Gasteiger partial charge in [0.2, 0.25) is 0 Å². The van der Waals surface area contributed by atoms with E-state index in [1.165, 1.54) is 41.5 Å². The van der Waals surface area contributed by atoms with Gasteiger partial charge in [-0.1, -0.05) is 20.3 Å². The van der Waals surface area contributed by atoms with Gasteiger partial charge < -0.3 is 5.32 Å². The summed E-state index contributed by atoms with van der Waals surface area (Å²) in [6.07, 6.45) is 6.47. The normalized spacial score (nSPS) is 16.8. The second-order valence-electron chi connectivity index (χ2n) is 5.73. The molecular formula is C15H26BrN3. The summed E-state index contributed by atoms with van der Waals surface area (Å²) in [6, 6.07) is 0. The number of halogens is 1. The highest BCUT2D eigenvalue weighted by Crippen LogP contribution is 2.48. The molecule has 0 unspecified atom stereocenters. The maximum Gasteiger partial charge on any atom is 0.0767 e. The van der Waals surface area contributed by atoms with Crippen molar-refractivity contribution in [1.82, 2.24) is 15.1 Å². The summed E-state index contributed by atoms with van der Waals surface area (Å²) < 4.78 is 3.32. The average Bonchev–Trinajstić information content (AvgIpc) is 3.10. The maximum atomic E-state index is 4.64. The Bertz CT molecular complexity index is 421. The van der Waals surface area contributed by atoms with Crippen LogP contribution in [0.1, 0.15) is 57.8 Å². The molecule has 4 heteroatoms. The summed E-state index contributed by atoms with van der Waals surface area (Å²) in [5.41, 5.74) is 3.09. The van der Waals surface area contributed by atoms with Gasteiger partial charge >= 0.3 is 0 Å². The minimum Gasteiger partial charge on any atom is -0.311 e. The highest BCUT2D eigenvalue weighted by Gasteiger charge is 2.40. The first-order valence-corrected chi connectivity index (χ1v) is 8.40. The third-order valence-electron chi connectivity index (χ3n) is 4.22. The SMILES string of the molecule is CCCC1(CNCc2c(Br)c(CC)nn2CC)CC1. The molecular weight excluding hydrogens is 302 g/mol. The Morgan fingerprint density at radius 3 is 2.58 bits per heavy atom. The molecule has 0 spiro atoms. The zero-order chi connectivity index (χ0) is 13.9. The molecule has 1 aliphatic carbocycles. The Morgan fingerprint density at radius 1 is 1.32 bits per heavy atom. The van der Waals surface area contributed by atoms with Crippen molar-refractivity contribution in [3.63, 3.8) is 0 Å². The van der Waals surface area contributed by atoms with E-state index in [0.29, 0.717) is 5.41 Å². The van der Waals surface area contributed by atoms with Crippen LogP contribution in [0.2, 0.25) is 0 Å². The van der Waals surface area contributed by atoms with Crippen molar-refractivity contribution in [1.29, 1.82) is 0 Å². The number of aryl methyl sites for hydroxylation is 2. The summed E-state index contributed by atoms with van der Waals surface area (Å²) in [5, 5.41) is 8.29. The molecule has 0 aliphatic heterocycles. The number of nitrogens with one attached hydrogen (secondary N) is 1. The molecule has 0 radical (unpaired) electrons. The van der Waals surface area contributed by atoms with E-state index in [4.69, 9.17) is 0 Å². The topological polar surface area (TPSA) is 29.9 Å². The van der Waals surface area contributed by atoms with Gasteiger partial charge in [0.15, 0.2) is 0 Å². The van der Waals surface area contributed by atoms with Gasteiger partial charge in [-0.05, 0) is 54.0 Å². The first-order chi connectivity index (χ1) is 9.15. The van der Waals surface area contributed by atoms with Gasteiger partial charge in [0.05, 0.1) is 15.9 Å². The fourth-order valence-corrected chi connectivity index (χ4v) is 3.56. The Hall–Kier alpha value is -0.350. The Kier molecular flexibility index (Phi) is 5.07. The van der Waals surface area contributed by atoms with Gasteiger partial charge in [0, 0.05) is 19.6 Å². The van der Waals surface area contributed by atoms with Crippen LogP contribution in [0.5, 0.6) is 0 Å². The number of rotatable bonds is 8. The van der Waals surface area contributed by atoms with Gasteiger partial charge in [-0.2, -0.15) is 5.10 Å². The fourth-order valence-electron chi connectivity index (χ4n) is 2.85. The van der Waals surface area contributed by atoms with Crippen LogP contribution in [0, 0.1) is 5.41 Å². The Balaban J connectivity index is 1.94. The van der Waals surface area contributed by atoms with E-state index in [-0.39, 0.29) is 0 Å². The van der Waals surface area contributed by atoms with E-state index in [9.17, 15) is 0 Å². The van der Waals surface area contributed by atoms with Gasteiger partial charge in [0.25, 0.3) is 0 Å². The maximum absolute atomic E-state index is 4.64. The molecule has 1 N–H and O–H groups in total. The molecule has 1 fully saturated rings. The molecule has 0 saturated heterocycles. The van der Waals surface area contributed by atoms with Crippen LogP contribution >= 0.6 is 15.9 Å². The Labute approximate surface area is 125 Å². The molecule has 2 rings (SSSR count). The predicted octanol–water partition coefficient (Wildman–Crippen LogP) is 3.90. The average molecular weight is 328 g/mol. The quantitative estimate of drug-likeness (QED) is 0.784. The summed E-state index contributed by atoms with van der Waals surface area (Å²) in [5.74, 6) is 0. The first-order valence-electron chi connectivity index (χ1n) is 7.60. The lowest BCUT2D eigenvalue weighted by molar-refractivity contribution is 0.415. The largest absolute Gasteiger partial charge is 0.311 e. The van der Waals surface area contributed by atoms with E-state index >= 15 is 0 Å². The summed E-state index contributed by atoms with van der Waals surface area (Å²) >= 11 is 3.71.